The van der Waals surface area contributed by atoms with Gasteiger partial charge in [-0.2, -0.15) is 4.31 Å². The van der Waals surface area contributed by atoms with Gasteiger partial charge in [-0.3, -0.25) is 4.79 Å². The molecule has 0 aliphatic carbocycles. The summed E-state index contributed by atoms with van der Waals surface area (Å²) in [6, 6.07) is 0. The van der Waals surface area contributed by atoms with Crippen molar-refractivity contribution in [3.8, 4) is 0 Å². The molecule has 0 unspecified atom stereocenters. The Balaban J connectivity index is 4.69. The van der Waals surface area contributed by atoms with Crippen molar-refractivity contribution in [3.63, 3.8) is 0 Å². The molecule has 0 aromatic heterocycles. The summed E-state index contributed by atoms with van der Waals surface area (Å²) in [5, 5.41) is 8.48. The number of hydrogen-bond acceptors (Lipinski definition) is 5. The molecule has 0 bridgehead atoms. The lowest BCUT2D eigenvalue weighted by Crippen LogP contribution is -2.38. The molecule has 0 aliphatic rings. The van der Waals surface area contributed by atoms with E-state index in [9.17, 15) is 21.6 Å². The quantitative estimate of drug-likeness (QED) is 0.622. The van der Waals surface area contributed by atoms with Crippen LogP contribution in [0.4, 0.5) is 0 Å². The van der Waals surface area contributed by atoms with Gasteiger partial charge in [-0.05, 0) is 0 Å². The summed E-state index contributed by atoms with van der Waals surface area (Å²) in [4.78, 5) is 10.4. The zero-order valence-electron chi connectivity index (χ0n) is 9.08. The third-order valence-electron chi connectivity index (χ3n) is 1.77. The number of likely N-dealkylation sites (N-methyl/N-ethyl adjacent to an activating group) is 1. The minimum atomic E-state index is -3.83. The van der Waals surface area contributed by atoms with Crippen LogP contribution in [-0.2, 0) is 24.7 Å². The van der Waals surface area contributed by atoms with Crippen LogP contribution in [0.5, 0.6) is 0 Å². The molecule has 1 N–H and O–H groups in total. The first-order valence-electron chi connectivity index (χ1n) is 4.46. The van der Waals surface area contributed by atoms with Crippen molar-refractivity contribution in [2.45, 2.75) is 6.92 Å². The molecule has 0 fully saturated rings. The van der Waals surface area contributed by atoms with Crippen LogP contribution in [0.15, 0.2) is 0 Å². The topological polar surface area (TPSA) is 109 Å². The molecule has 0 saturated carbocycles. The molecule has 0 radical (unpaired) electrons. The third kappa shape index (κ3) is 6.03. The first-order chi connectivity index (χ1) is 7.08. The van der Waals surface area contributed by atoms with Gasteiger partial charge in [0.15, 0.2) is 0 Å². The molecule has 0 heterocycles. The molecule has 0 aliphatic heterocycles. The van der Waals surface area contributed by atoms with Crippen LogP contribution >= 0.6 is 0 Å². The maximum absolute atomic E-state index is 11.5. The highest BCUT2D eigenvalue weighted by molar-refractivity contribution is 7.93. The lowest BCUT2D eigenvalue weighted by atomic mass is 10.6. The first kappa shape index (κ1) is 15.3. The molecular weight excluding hydrogens is 258 g/mol. The average Bonchev–Trinajstić information content (AvgIpc) is 2.09. The van der Waals surface area contributed by atoms with Crippen molar-refractivity contribution in [2.75, 3.05) is 30.9 Å². The molecule has 0 amide bonds. The van der Waals surface area contributed by atoms with Gasteiger partial charge in [0.2, 0.25) is 10.0 Å². The average molecular weight is 273 g/mol. The number of aliphatic carboxylic acids is 1. The van der Waals surface area contributed by atoms with Crippen LogP contribution in [0, 0.1) is 0 Å². The van der Waals surface area contributed by atoms with Gasteiger partial charge in [0.05, 0.1) is 11.5 Å². The van der Waals surface area contributed by atoms with Crippen molar-refractivity contribution in [2.24, 2.45) is 0 Å². The fourth-order valence-electron chi connectivity index (χ4n) is 0.943. The summed E-state index contributed by atoms with van der Waals surface area (Å²) in [6.45, 7) is 0.835. The Morgan fingerprint density at radius 1 is 1.19 bits per heavy atom. The van der Waals surface area contributed by atoms with Gasteiger partial charge in [-0.15, -0.1) is 0 Å². The maximum Gasteiger partial charge on any atom is 0.318 e. The normalized spacial score (nSPS) is 12.9. The van der Waals surface area contributed by atoms with Crippen molar-refractivity contribution in [1.29, 1.82) is 0 Å². The summed E-state index contributed by atoms with van der Waals surface area (Å²) in [6.07, 6.45) is 0.927. The van der Waals surface area contributed by atoms with E-state index in [2.05, 4.69) is 0 Å². The second-order valence-corrected chi connectivity index (χ2v) is 7.61. The van der Waals surface area contributed by atoms with E-state index in [0.717, 1.165) is 10.6 Å². The van der Waals surface area contributed by atoms with Gasteiger partial charge < -0.3 is 5.11 Å². The van der Waals surface area contributed by atoms with Crippen molar-refractivity contribution in [1.82, 2.24) is 4.31 Å². The molecule has 0 spiro atoms. The van der Waals surface area contributed by atoms with E-state index in [0.29, 0.717) is 0 Å². The number of sulfone groups is 1. The summed E-state index contributed by atoms with van der Waals surface area (Å²) in [5.41, 5.74) is 0. The Kier molecular flexibility index (Phi) is 5.36. The zero-order valence-corrected chi connectivity index (χ0v) is 10.7. The lowest BCUT2D eigenvalue weighted by molar-refractivity contribution is -0.137. The fourth-order valence-corrected chi connectivity index (χ4v) is 3.96. The Labute approximate surface area is 95.0 Å². The molecule has 96 valence electrons. The molecular formula is C7H15NO6S2. The second kappa shape index (κ2) is 5.60. The van der Waals surface area contributed by atoms with Crippen LogP contribution in [-0.4, -0.2) is 63.1 Å². The minimum Gasteiger partial charge on any atom is -0.480 e. The second-order valence-electron chi connectivity index (χ2n) is 3.27. The molecule has 0 rings (SSSR count). The smallest absolute Gasteiger partial charge is 0.318 e. The first-order valence-corrected chi connectivity index (χ1v) is 8.13. The van der Waals surface area contributed by atoms with Gasteiger partial charge in [0, 0.05) is 12.8 Å². The predicted molar refractivity (Wildman–Crippen MR) is 58.4 cm³/mol. The van der Waals surface area contributed by atoms with E-state index in [1.807, 2.05) is 0 Å². The van der Waals surface area contributed by atoms with E-state index in [4.69, 9.17) is 5.11 Å². The summed E-state index contributed by atoms with van der Waals surface area (Å²) in [7, 11) is -7.21. The molecule has 0 aromatic carbocycles. The van der Waals surface area contributed by atoms with Crippen molar-refractivity contribution >= 4 is 25.8 Å². The van der Waals surface area contributed by atoms with Gasteiger partial charge in [-0.1, -0.05) is 6.92 Å². The number of nitrogens with zero attached hydrogens (tertiary/aromatic N) is 1. The van der Waals surface area contributed by atoms with Gasteiger partial charge in [0.25, 0.3) is 0 Å². The van der Waals surface area contributed by atoms with Crippen LogP contribution in [0.2, 0.25) is 0 Å². The highest BCUT2D eigenvalue weighted by atomic mass is 32.2. The van der Waals surface area contributed by atoms with E-state index >= 15 is 0 Å². The van der Waals surface area contributed by atoms with Gasteiger partial charge >= 0.3 is 5.97 Å². The standard InChI is InChI=1S/C7H15NO6S2/c1-3-8(6-7(9)10)16(13,14)5-4-15(2,11)12/h3-6H2,1-2H3,(H,9,10). The number of carboxylic acid groups (broad SMARTS) is 1. The number of sulfonamides is 1. The van der Waals surface area contributed by atoms with Crippen LogP contribution < -0.4 is 0 Å². The Bertz CT molecular complexity index is 437. The Morgan fingerprint density at radius 3 is 2.00 bits per heavy atom. The molecule has 9 heteroatoms. The summed E-state index contributed by atoms with van der Waals surface area (Å²) < 4.78 is 45.4. The highest BCUT2D eigenvalue weighted by Gasteiger charge is 2.24. The Hall–Kier alpha value is -0.670. The molecule has 0 atom stereocenters. The minimum absolute atomic E-state index is 0.00159. The molecule has 0 aromatic rings. The maximum atomic E-state index is 11.5. The molecule has 7 nitrogen and oxygen atoms in total. The van der Waals surface area contributed by atoms with Crippen molar-refractivity contribution in [3.05, 3.63) is 0 Å². The van der Waals surface area contributed by atoms with E-state index in [1.54, 1.807) is 0 Å². The number of rotatable bonds is 7. The highest BCUT2D eigenvalue weighted by Crippen LogP contribution is 2.02. The van der Waals surface area contributed by atoms with Crippen LogP contribution in [0.25, 0.3) is 0 Å². The lowest BCUT2D eigenvalue weighted by Gasteiger charge is -2.17. The summed E-state index contributed by atoms with van der Waals surface area (Å²) in [5.74, 6) is -2.37. The largest absolute Gasteiger partial charge is 0.480 e. The number of carbonyl (C=O) groups is 1. The van der Waals surface area contributed by atoms with Crippen molar-refractivity contribution < 1.29 is 26.7 Å². The number of hydrogen-bond donors (Lipinski definition) is 1. The monoisotopic (exact) mass is 273 g/mol. The SMILES string of the molecule is CCN(CC(=O)O)S(=O)(=O)CCS(C)(=O)=O. The van der Waals surface area contributed by atoms with E-state index in [1.165, 1.54) is 6.92 Å². The predicted octanol–water partition coefficient (Wildman–Crippen LogP) is -1.23. The van der Waals surface area contributed by atoms with Crippen LogP contribution in [0.3, 0.4) is 0 Å². The zero-order chi connectivity index (χ0) is 13.0. The van der Waals surface area contributed by atoms with Crippen LogP contribution in [0.1, 0.15) is 6.92 Å². The Morgan fingerprint density at radius 2 is 1.69 bits per heavy atom. The molecule has 16 heavy (non-hydrogen) atoms. The van der Waals surface area contributed by atoms with E-state index in [-0.39, 0.29) is 6.54 Å². The number of carboxylic acids is 1. The fraction of sp³-hybridized carbons (Fsp3) is 0.857. The van der Waals surface area contributed by atoms with E-state index < -0.39 is 43.9 Å². The third-order valence-corrected chi connectivity index (χ3v) is 4.87. The van der Waals surface area contributed by atoms with Gasteiger partial charge in [-0.25, -0.2) is 16.8 Å². The summed E-state index contributed by atoms with van der Waals surface area (Å²) >= 11 is 0. The molecule has 0 saturated heterocycles. The van der Waals surface area contributed by atoms with Gasteiger partial charge in [0.1, 0.15) is 16.4 Å².